The maximum Gasteiger partial charge on any atom is 0.325 e. The highest BCUT2D eigenvalue weighted by atomic mass is 32.2. The van der Waals surface area contributed by atoms with Gasteiger partial charge in [0.15, 0.2) is 0 Å². The van der Waals surface area contributed by atoms with Gasteiger partial charge in [-0.05, 0) is 95.1 Å². The minimum Gasteiger partial charge on any atom is -0.424 e. The van der Waals surface area contributed by atoms with Gasteiger partial charge in [0.25, 0.3) is 0 Å². The SMILES string of the molecule is CB1O[C@@H](CN)c2cccc(SCC(C)=O)c21.CB1O[C@H](CN)c2cccc(SCC(C)=O)c21.CC[C@@H]1OB(C)c2c(SCN)cccc21.CC[C@@H]1OB(C)c2c(SCO)cccc21. The fraction of sp³-hybridized carbons (Fsp3) is 0.435. The molecular weight excluding hydrogens is 878 g/mol. The fourth-order valence-electron chi connectivity index (χ4n) is 8.68. The molecular formula is C46H63B4N3O7S4. The quantitative estimate of drug-likeness (QED) is 0.0615. The van der Waals surface area contributed by atoms with Gasteiger partial charge in [-0.3, -0.25) is 9.59 Å². The molecule has 0 unspecified atom stereocenters. The highest BCUT2D eigenvalue weighted by Crippen LogP contribution is 2.33. The van der Waals surface area contributed by atoms with E-state index < -0.39 is 0 Å². The van der Waals surface area contributed by atoms with Crippen LogP contribution < -0.4 is 39.1 Å². The van der Waals surface area contributed by atoms with E-state index in [4.69, 9.17) is 40.9 Å². The monoisotopic (exact) mass is 941 g/mol. The van der Waals surface area contributed by atoms with Crippen LogP contribution in [0, 0.1) is 0 Å². The molecule has 340 valence electrons. The molecule has 0 aliphatic carbocycles. The van der Waals surface area contributed by atoms with E-state index in [9.17, 15) is 9.59 Å². The van der Waals surface area contributed by atoms with E-state index >= 15 is 0 Å². The summed E-state index contributed by atoms with van der Waals surface area (Å²) in [7, 11) is 0. The van der Waals surface area contributed by atoms with Gasteiger partial charge in [-0.1, -0.05) is 101 Å². The topological polar surface area (TPSA) is 169 Å². The van der Waals surface area contributed by atoms with E-state index in [1.54, 1.807) is 49.1 Å². The van der Waals surface area contributed by atoms with Crippen molar-refractivity contribution in [2.45, 2.75) is 112 Å². The second kappa shape index (κ2) is 25.6. The van der Waals surface area contributed by atoms with E-state index in [0.717, 1.165) is 27.5 Å². The summed E-state index contributed by atoms with van der Waals surface area (Å²) in [6.45, 7) is 17.3. The Hall–Kier alpha value is -2.44. The summed E-state index contributed by atoms with van der Waals surface area (Å²) in [6.07, 6.45) is 2.54. The normalized spacial score (nSPS) is 18.8. The third-order valence-electron chi connectivity index (χ3n) is 11.4. The van der Waals surface area contributed by atoms with Crippen LogP contribution in [0.5, 0.6) is 0 Å². The number of ketones is 2. The first-order valence-electron chi connectivity index (χ1n) is 22.2. The molecule has 0 spiro atoms. The molecule has 0 aromatic heterocycles. The molecule has 18 heteroatoms. The zero-order valence-electron chi connectivity index (χ0n) is 38.5. The zero-order chi connectivity index (χ0) is 46.5. The van der Waals surface area contributed by atoms with Gasteiger partial charge in [-0.2, -0.15) is 0 Å². The van der Waals surface area contributed by atoms with Gasteiger partial charge in [-0.15, -0.1) is 35.3 Å². The van der Waals surface area contributed by atoms with E-state index in [1.807, 2.05) is 44.0 Å². The molecule has 4 heterocycles. The maximum atomic E-state index is 11.0. The number of fused-ring (bicyclic) bond motifs is 4. The van der Waals surface area contributed by atoms with Crippen LogP contribution in [0.25, 0.3) is 0 Å². The largest absolute Gasteiger partial charge is 0.424 e. The van der Waals surface area contributed by atoms with Gasteiger partial charge in [-0.25, -0.2) is 0 Å². The molecule has 4 aliphatic rings. The van der Waals surface area contributed by atoms with Crippen molar-refractivity contribution in [3.8, 4) is 0 Å². The molecule has 4 atom stereocenters. The molecule has 10 nitrogen and oxygen atoms in total. The van der Waals surface area contributed by atoms with Crippen LogP contribution in [0.2, 0.25) is 27.3 Å². The number of carbonyl (C=O) groups excluding carboxylic acids is 2. The number of Topliss-reactive ketones (excluding diaryl/α,β-unsaturated/α-hetero) is 2. The Morgan fingerprint density at radius 1 is 0.516 bits per heavy atom. The Labute approximate surface area is 399 Å². The molecule has 0 fully saturated rings. The molecule has 4 aromatic carbocycles. The summed E-state index contributed by atoms with van der Waals surface area (Å²) in [6, 6.07) is 24.9. The minimum atomic E-state index is -0.00196. The molecule has 8 rings (SSSR count). The van der Waals surface area contributed by atoms with Crippen molar-refractivity contribution in [2.75, 3.05) is 36.4 Å². The molecule has 7 N–H and O–H groups in total. The summed E-state index contributed by atoms with van der Waals surface area (Å²) in [5.41, 5.74) is 27.0. The van der Waals surface area contributed by atoms with Gasteiger partial charge in [0, 0.05) is 38.5 Å². The number of nitrogens with two attached hydrogens (primary N) is 3. The smallest absolute Gasteiger partial charge is 0.325 e. The molecule has 64 heavy (non-hydrogen) atoms. The first-order chi connectivity index (χ1) is 30.8. The highest BCUT2D eigenvalue weighted by Gasteiger charge is 2.36. The number of hydrogen-bond acceptors (Lipinski definition) is 14. The first kappa shape index (κ1) is 52.5. The van der Waals surface area contributed by atoms with E-state index in [-0.39, 0.29) is 69.6 Å². The summed E-state index contributed by atoms with van der Waals surface area (Å²) >= 11 is 6.33. The van der Waals surface area contributed by atoms with Crippen LogP contribution in [0.1, 0.15) is 87.2 Å². The summed E-state index contributed by atoms with van der Waals surface area (Å²) in [4.78, 5) is 26.8. The number of aliphatic hydroxyl groups is 1. The van der Waals surface area contributed by atoms with Gasteiger partial charge in [0.1, 0.15) is 11.6 Å². The van der Waals surface area contributed by atoms with Crippen molar-refractivity contribution in [3.63, 3.8) is 0 Å². The maximum absolute atomic E-state index is 11.0. The minimum absolute atomic E-state index is 0.00196. The van der Waals surface area contributed by atoms with Crippen molar-refractivity contribution >= 4 is 108 Å². The molecule has 0 radical (unpaired) electrons. The van der Waals surface area contributed by atoms with Crippen LogP contribution in [0.15, 0.2) is 92.4 Å². The van der Waals surface area contributed by atoms with Crippen LogP contribution in [0.3, 0.4) is 0 Å². The van der Waals surface area contributed by atoms with Crippen molar-refractivity contribution in [1.29, 1.82) is 0 Å². The molecule has 4 aliphatic heterocycles. The fourth-order valence-corrected chi connectivity index (χ4v) is 12.2. The van der Waals surface area contributed by atoms with Crippen LogP contribution in [-0.4, -0.2) is 80.7 Å². The Kier molecular flexibility index (Phi) is 21.0. The second-order valence-electron chi connectivity index (χ2n) is 16.0. The average molecular weight is 942 g/mol. The third-order valence-corrected chi connectivity index (χ3v) is 15.4. The third kappa shape index (κ3) is 13.0. The van der Waals surface area contributed by atoms with Crippen molar-refractivity contribution < 1.29 is 33.3 Å². The Morgan fingerprint density at radius 2 is 0.812 bits per heavy atom. The van der Waals surface area contributed by atoms with Crippen molar-refractivity contribution in [2.24, 2.45) is 17.2 Å². The van der Waals surface area contributed by atoms with Gasteiger partial charge >= 0.3 is 27.7 Å². The van der Waals surface area contributed by atoms with Crippen molar-refractivity contribution in [1.82, 2.24) is 0 Å². The average Bonchev–Trinajstić information content (AvgIpc) is 4.02. The summed E-state index contributed by atoms with van der Waals surface area (Å²) in [5, 5.41) is 8.98. The molecule has 0 amide bonds. The van der Waals surface area contributed by atoms with Gasteiger partial charge < -0.3 is 40.9 Å². The zero-order valence-corrected chi connectivity index (χ0v) is 41.7. The summed E-state index contributed by atoms with van der Waals surface area (Å²) in [5.74, 6) is 2.15. The predicted molar refractivity (Wildman–Crippen MR) is 275 cm³/mol. The van der Waals surface area contributed by atoms with E-state index in [1.165, 1.54) is 60.8 Å². The Bertz CT molecular complexity index is 2050. The highest BCUT2D eigenvalue weighted by molar-refractivity contribution is 8.00. The number of rotatable bonds is 14. The predicted octanol–water partition coefficient (Wildman–Crippen LogP) is 6.49. The molecule has 0 saturated heterocycles. The number of thioether (sulfide) groups is 4. The Morgan fingerprint density at radius 3 is 1.09 bits per heavy atom. The lowest BCUT2D eigenvalue weighted by atomic mass is 9.64. The summed E-state index contributed by atoms with van der Waals surface area (Å²) < 4.78 is 23.4. The lowest BCUT2D eigenvalue weighted by molar-refractivity contribution is -0.115. The standard InChI is InChI=1S/2C12H16BNO2S.C11H16BNOS.C11H15BO2S/c2*1-8(15)7-17-11-5-3-4-9-10(6-14)16-13(2)12(9)11;2*1-3-9-8-5-4-6-10(15-7-13)11(8)12(2)14-9/h2*3-5,10H,6-7,14H2,1-2H3;4-6,9H,3,7,13H2,1-2H3;4-6,9,13H,3,7H2,1-2H3/t2*10-;2*9-/m1000/s1. The van der Waals surface area contributed by atoms with Crippen LogP contribution in [0.4, 0.5) is 0 Å². The van der Waals surface area contributed by atoms with Gasteiger partial charge in [0.05, 0.1) is 41.9 Å². The van der Waals surface area contributed by atoms with Gasteiger partial charge in [0.2, 0.25) is 0 Å². The van der Waals surface area contributed by atoms with E-state index in [2.05, 4.69) is 70.0 Å². The number of aliphatic hydroxyl groups excluding tert-OH is 1. The number of benzene rings is 4. The Balaban J connectivity index is 0.000000161. The first-order valence-corrected chi connectivity index (χ1v) is 26.1. The van der Waals surface area contributed by atoms with Crippen molar-refractivity contribution in [3.05, 3.63) is 95.1 Å². The second-order valence-corrected chi connectivity index (χ2v) is 20.0. The van der Waals surface area contributed by atoms with E-state index in [0.29, 0.717) is 30.5 Å². The van der Waals surface area contributed by atoms with Crippen LogP contribution in [-0.2, 0) is 28.2 Å². The lowest BCUT2D eigenvalue weighted by Crippen LogP contribution is -2.26. The number of carbonyl (C=O) groups is 2. The number of hydrogen-bond donors (Lipinski definition) is 4. The van der Waals surface area contributed by atoms with Crippen LogP contribution >= 0.6 is 47.0 Å². The molecule has 0 saturated carbocycles. The molecule has 0 bridgehead atoms. The molecule has 4 aromatic rings. The lowest BCUT2D eigenvalue weighted by Gasteiger charge is -2.09.